The molecule has 7 nitrogen and oxygen atoms in total. The molecule has 0 bridgehead atoms. The number of carboxylic acid groups (broad SMARTS) is 1. The summed E-state index contributed by atoms with van der Waals surface area (Å²) >= 11 is 0. The lowest BCUT2D eigenvalue weighted by atomic mass is 10.2. The zero-order valence-corrected chi connectivity index (χ0v) is 14.5. The second kappa shape index (κ2) is 8.20. The van der Waals surface area contributed by atoms with Crippen LogP contribution in [0.5, 0.6) is 11.6 Å². The summed E-state index contributed by atoms with van der Waals surface area (Å²) in [6, 6.07) is 5.24. The molecule has 0 unspecified atom stereocenters. The van der Waals surface area contributed by atoms with Crippen molar-refractivity contribution in [1.82, 2.24) is 9.38 Å². The molecule has 2 aromatic heterocycles. The van der Waals surface area contributed by atoms with Gasteiger partial charge in [0.05, 0.1) is 12.7 Å². The standard InChI is InChI=1S/C18H21N3O4/c1-4-5-9-24-17-14(10-13(11-19)18(22)23)21-8-6-7-15(16(21)20-17)25-12(2)3/h6-8,10,12H,4-5,9H2,1-3H3,(H,22,23). The van der Waals surface area contributed by atoms with E-state index in [-0.39, 0.29) is 12.0 Å². The number of fused-ring (bicyclic) bond motifs is 1. The van der Waals surface area contributed by atoms with Crippen LogP contribution < -0.4 is 9.47 Å². The lowest BCUT2D eigenvalue weighted by Crippen LogP contribution is -2.06. The van der Waals surface area contributed by atoms with Gasteiger partial charge in [-0.05, 0) is 38.5 Å². The van der Waals surface area contributed by atoms with Crippen molar-refractivity contribution in [3.8, 4) is 17.7 Å². The summed E-state index contributed by atoms with van der Waals surface area (Å²) in [5.41, 5.74) is 0.521. The molecule has 0 saturated heterocycles. The number of hydrogen-bond donors (Lipinski definition) is 1. The Kier molecular flexibility index (Phi) is 6.01. The molecule has 0 aliphatic heterocycles. The van der Waals surface area contributed by atoms with E-state index < -0.39 is 11.5 Å². The second-order valence-electron chi connectivity index (χ2n) is 5.71. The van der Waals surface area contributed by atoms with Crippen LogP contribution in [0, 0.1) is 11.3 Å². The highest BCUT2D eigenvalue weighted by Gasteiger charge is 2.18. The molecule has 0 fully saturated rings. The molecular weight excluding hydrogens is 322 g/mol. The van der Waals surface area contributed by atoms with Crippen molar-refractivity contribution in [2.75, 3.05) is 6.61 Å². The normalized spacial score (nSPS) is 11.6. The summed E-state index contributed by atoms with van der Waals surface area (Å²) in [5.74, 6) is -0.458. The van der Waals surface area contributed by atoms with Crippen molar-refractivity contribution >= 4 is 17.7 Å². The average Bonchev–Trinajstić information content (AvgIpc) is 2.90. The van der Waals surface area contributed by atoms with Crippen molar-refractivity contribution < 1.29 is 19.4 Å². The number of nitriles is 1. The number of imidazole rings is 1. The molecule has 0 amide bonds. The van der Waals surface area contributed by atoms with E-state index >= 15 is 0 Å². The molecule has 0 aromatic carbocycles. The second-order valence-corrected chi connectivity index (χ2v) is 5.71. The molecule has 0 saturated carbocycles. The minimum absolute atomic E-state index is 0.0416. The fourth-order valence-electron chi connectivity index (χ4n) is 2.22. The van der Waals surface area contributed by atoms with E-state index in [4.69, 9.17) is 19.8 Å². The Labute approximate surface area is 146 Å². The summed E-state index contributed by atoms with van der Waals surface area (Å²) < 4.78 is 13.1. The van der Waals surface area contributed by atoms with Crippen LogP contribution in [0.4, 0.5) is 0 Å². The largest absolute Gasteiger partial charge is 0.487 e. The van der Waals surface area contributed by atoms with E-state index in [1.807, 2.05) is 20.8 Å². The number of aromatic nitrogens is 2. The Morgan fingerprint density at radius 3 is 2.88 bits per heavy atom. The third-order valence-corrected chi connectivity index (χ3v) is 3.35. The average molecular weight is 343 g/mol. The summed E-state index contributed by atoms with van der Waals surface area (Å²) in [5, 5.41) is 18.2. The van der Waals surface area contributed by atoms with E-state index in [0.29, 0.717) is 23.7 Å². The third kappa shape index (κ3) is 4.29. The van der Waals surface area contributed by atoms with Crippen LogP contribution in [0.15, 0.2) is 23.9 Å². The molecule has 0 spiro atoms. The van der Waals surface area contributed by atoms with Gasteiger partial charge in [0.1, 0.15) is 17.3 Å². The van der Waals surface area contributed by atoms with Crippen LogP contribution in [-0.2, 0) is 4.79 Å². The Morgan fingerprint density at radius 1 is 1.52 bits per heavy atom. The lowest BCUT2D eigenvalue weighted by Gasteiger charge is -2.10. The SMILES string of the molecule is CCCCOc1nc2c(OC(C)C)cccn2c1C=C(C#N)C(=O)O. The van der Waals surface area contributed by atoms with Gasteiger partial charge in [0, 0.05) is 6.20 Å². The molecule has 1 N–H and O–H groups in total. The Balaban J connectivity index is 2.60. The molecule has 132 valence electrons. The molecule has 25 heavy (non-hydrogen) atoms. The van der Waals surface area contributed by atoms with Crippen molar-refractivity contribution in [3.63, 3.8) is 0 Å². The van der Waals surface area contributed by atoms with Crippen molar-refractivity contribution in [3.05, 3.63) is 29.6 Å². The van der Waals surface area contributed by atoms with Gasteiger partial charge in [-0.25, -0.2) is 4.79 Å². The smallest absolute Gasteiger partial charge is 0.346 e. The van der Waals surface area contributed by atoms with E-state index in [0.717, 1.165) is 12.8 Å². The first-order valence-electron chi connectivity index (χ1n) is 8.13. The highest BCUT2D eigenvalue weighted by atomic mass is 16.5. The maximum atomic E-state index is 11.2. The monoisotopic (exact) mass is 343 g/mol. The number of carboxylic acids is 1. The van der Waals surface area contributed by atoms with Crippen LogP contribution in [0.25, 0.3) is 11.7 Å². The van der Waals surface area contributed by atoms with Gasteiger partial charge in [0.2, 0.25) is 5.88 Å². The summed E-state index contributed by atoms with van der Waals surface area (Å²) in [4.78, 5) is 15.6. The van der Waals surface area contributed by atoms with Gasteiger partial charge in [-0.1, -0.05) is 13.3 Å². The Hall–Kier alpha value is -3.01. The molecule has 2 heterocycles. The van der Waals surface area contributed by atoms with Gasteiger partial charge >= 0.3 is 5.97 Å². The van der Waals surface area contributed by atoms with Gasteiger partial charge in [-0.15, -0.1) is 0 Å². The predicted molar refractivity (Wildman–Crippen MR) is 92.6 cm³/mol. The van der Waals surface area contributed by atoms with E-state index in [1.54, 1.807) is 28.8 Å². The fourth-order valence-corrected chi connectivity index (χ4v) is 2.22. The molecule has 2 rings (SSSR count). The summed E-state index contributed by atoms with van der Waals surface area (Å²) in [7, 11) is 0. The van der Waals surface area contributed by atoms with E-state index in [2.05, 4.69) is 4.98 Å². The number of unbranched alkanes of at least 4 members (excludes halogenated alkanes) is 1. The highest BCUT2D eigenvalue weighted by Crippen LogP contribution is 2.29. The number of aliphatic carboxylic acids is 1. The Morgan fingerprint density at radius 2 is 2.28 bits per heavy atom. The van der Waals surface area contributed by atoms with Gasteiger partial charge in [0.25, 0.3) is 0 Å². The fraction of sp³-hybridized carbons (Fsp3) is 0.389. The minimum atomic E-state index is -1.30. The van der Waals surface area contributed by atoms with Crippen molar-refractivity contribution in [2.45, 2.75) is 39.7 Å². The number of rotatable bonds is 8. The maximum Gasteiger partial charge on any atom is 0.346 e. The number of nitrogens with zero attached hydrogens (tertiary/aromatic N) is 3. The van der Waals surface area contributed by atoms with Gasteiger partial charge in [-0.2, -0.15) is 10.2 Å². The third-order valence-electron chi connectivity index (χ3n) is 3.35. The first-order valence-corrected chi connectivity index (χ1v) is 8.13. The summed E-state index contributed by atoms with van der Waals surface area (Å²) in [6.07, 6.45) is 4.75. The predicted octanol–water partition coefficient (Wildman–Crippen LogP) is 3.29. The van der Waals surface area contributed by atoms with Crippen molar-refractivity contribution in [1.29, 1.82) is 5.26 Å². The zero-order valence-electron chi connectivity index (χ0n) is 14.5. The molecule has 0 aliphatic carbocycles. The van der Waals surface area contributed by atoms with Gasteiger partial charge < -0.3 is 14.6 Å². The van der Waals surface area contributed by atoms with E-state index in [9.17, 15) is 4.79 Å². The molecule has 0 aliphatic rings. The first kappa shape index (κ1) is 18.3. The van der Waals surface area contributed by atoms with Crippen LogP contribution in [-0.4, -0.2) is 33.2 Å². The number of carbonyl (C=O) groups is 1. The van der Waals surface area contributed by atoms with Crippen molar-refractivity contribution in [2.24, 2.45) is 0 Å². The number of hydrogen-bond acceptors (Lipinski definition) is 5. The molecule has 7 heteroatoms. The van der Waals surface area contributed by atoms with Crippen LogP contribution in [0.1, 0.15) is 39.3 Å². The number of pyridine rings is 1. The molecule has 0 radical (unpaired) electrons. The number of ether oxygens (including phenoxy) is 2. The molecule has 0 atom stereocenters. The molecule has 2 aromatic rings. The maximum absolute atomic E-state index is 11.2. The van der Waals surface area contributed by atoms with Crippen LogP contribution >= 0.6 is 0 Å². The van der Waals surface area contributed by atoms with Crippen LogP contribution in [0.2, 0.25) is 0 Å². The first-order chi connectivity index (χ1) is 12.0. The minimum Gasteiger partial charge on any atom is -0.487 e. The quantitative estimate of drug-likeness (QED) is 0.449. The Bertz CT molecular complexity index is 831. The summed E-state index contributed by atoms with van der Waals surface area (Å²) in [6.45, 7) is 6.31. The van der Waals surface area contributed by atoms with E-state index in [1.165, 1.54) is 6.08 Å². The molecular formula is C18H21N3O4. The zero-order chi connectivity index (χ0) is 18.4. The lowest BCUT2D eigenvalue weighted by molar-refractivity contribution is -0.132. The highest BCUT2D eigenvalue weighted by molar-refractivity contribution is 5.96. The van der Waals surface area contributed by atoms with Gasteiger partial charge in [-0.3, -0.25) is 4.40 Å². The van der Waals surface area contributed by atoms with Crippen LogP contribution in [0.3, 0.4) is 0 Å². The topological polar surface area (TPSA) is 96.9 Å². The van der Waals surface area contributed by atoms with Gasteiger partial charge in [0.15, 0.2) is 11.4 Å².